The maximum absolute atomic E-state index is 12.6. The number of benzene rings is 3. The van der Waals surface area contributed by atoms with Crippen molar-refractivity contribution in [1.82, 2.24) is 16.2 Å². The van der Waals surface area contributed by atoms with Crippen LogP contribution in [0.15, 0.2) is 72.8 Å². The summed E-state index contributed by atoms with van der Waals surface area (Å²) in [6, 6.07) is 21.8. The number of hydrazine groups is 1. The van der Waals surface area contributed by atoms with Crippen molar-refractivity contribution >= 4 is 40.3 Å². The van der Waals surface area contributed by atoms with Crippen LogP contribution < -0.4 is 20.9 Å². The molecule has 1 atom stereocenters. The summed E-state index contributed by atoms with van der Waals surface area (Å²) in [5.41, 5.74) is 5.76. The molecule has 0 aliphatic heterocycles. The standard InChI is InChI=1S/C25H27N3O4S/c1-33-15-14-22(26-24(30)17-32-20-11-3-2-4-12-20)25(31)28-27-23(29)16-19-10-7-9-18-8-5-6-13-21(18)19/h2-13,22H,14-17H2,1H3,(H,26,30)(H,27,29)(H,28,31). The number of fused-ring (bicyclic) bond motifs is 1. The van der Waals surface area contributed by atoms with Gasteiger partial charge in [-0.1, -0.05) is 60.7 Å². The Morgan fingerprint density at radius 2 is 1.61 bits per heavy atom. The quantitative estimate of drug-likeness (QED) is 0.400. The SMILES string of the molecule is CSCCC(NC(=O)COc1ccccc1)C(=O)NNC(=O)Cc1cccc2ccccc12. The van der Waals surface area contributed by atoms with Crippen LogP contribution in [-0.4, -0.2) is 42.4 Å². The highest BCUT2D eigenvalue weighted by Gasteiger charge is 2.21. The Hall–Kier alpha value is -3.52. The Balaban J connectivity index is 1.52. The van der Waals surface area contributed by atoms with E-state index in [4.69, 9.17) is 4.74 Å². The smallest absolute Gasteiger partial charge is 0.260 e. The molecule has 0 bridgehead atoms. The minimum absolute atomic E-state index is 0.119. The monoisotopic (exact) mass is 465 g/mol. The summed E-state index contributed by atoms with van der Waals surface area (Å²) in [4.78, 5) is 37.4. The number of hydrogen-bond acceptors (Lipinski definition) is 5. The van der Waals surface area contributed by atoms with E-state index in [9.17, 15) is 14.4 Å². The van der Waals surface area contributed by atoms with E-state index < -0.39 is 17.9 Å². The Labute approximate surface area is 197 Å². The number of rotatable bonds is 10. The van der Waals surface area contributed by atoms with Gasteiger partial charge in [-0.25, -0.2) is 0 Å². The van der Waals surface area contributed by atoms with E-state index in [2.05, 4.69) is 16.2 Å². The van der Waals surface area contributed by atoms with Gasteiger partial charge in [0.2, 0.25) is 5.91 Å². The zero-order chi connectivity index (χ0) is 23.5. The number of carbonyl (C=O) groups is 3. The summed E-state index contributed by atoms with van der Waals surface area (Å²) in [5, 5.41) is 4.72. The van der Waals surface area contributed by atoms with Crippen molar-refractivity contribution in [3.8, 4) is 5.75 Å². The van der Waals surface area contributed by atoms with Crippen LogP contribution in [-0.2, 0) is 20.8 Å². The Bertz CT molecular complexity index is 1090. The second kappa shape index (κ2) is 12.5. The zero-order valence-electron chi connectivity index (χ0n) is 18.4. The fourth-order valence-electron chi connectivity index (χ4n) is 3.29. The van der Waals surface area contributed by atoms with Gasteiger partial charge >= 0.3 is 0 Å². The van der Waals surface area contributed by atoms with Crippen LogP contribution in [0.4, 0.5) is 0 Å². The minimum atomic E-state index is -0.790. The highest BCUT2D eigenvalue weighted by Crippen LogP contribution is 2.18. The van der Waals surface area contributed by atoms with Gasteiger partial charge in [-0.15, -0.1) is 0 Å². The van der Waals surface area contributed by atoms with Gasteiger partial charge in [0.05, 0.1) is 6.42 Å². The molecule has 3 aromatic carbocycles. The van der Waals surface area contributed by atoms with E-state index in [1.807, 2.05) is 66.9 Å². The second-order valence-corrected chi connectivity index (χ2v) is 8.34. The van der Waals surface area contributed by atoms with Crippen molar-refractivity contribution in [2.75, 3.05) is 18.6 Å². The number of ether oxygens (including phenoxy) is 1. The molecular formula is C25H27N3O4S. The molecule has 0 saturated heterocycles. The van der Waals surface area contributed by atoms with Crippen molar-refractivity contribution in [3.63, 3.8) is 0 Å². The van der Waals surface area contributed by atoms with E-state index >= 15 is 0 Å². The maximum Gasteiger partial charge on any atom is 0.260 e. The molecular weight excluding hydrogens is 438 g/mol. The number of hydrogen-bond donors (Lipinski definition) is 3. The van der Waals surface area contributed by atoms with Crippen molar-refractivity contribution in [1.29, 1.82) is 0 Å². The second-order valence-electron chi connectivity index (χ2n) is 7.36. The molecule has 0 aromatic heterocycles. The van der Waals surface area contributed by atoms with Crippen LogP contribution in [0.2, 0.25) is 0 Å². The van der Waals surface area contributed by atoms with Crippen molar-refractivity contribution < 1.29 is 19.1 Å². The van der Waals surface area contributed by atoms with Gasteiger partial charge in [0.15, 0.2) is 6.61 Å². The van der Waals surface area contributed by atoms with Crippen LogP contribution in [0.25, 0.3) is 10.8 Å². The molecule has 0 fully saturated rings. The summed E-state index contributed by atoms with van der Waals surface area (Å²) < 4.78 is 5.43. The van der Waals surface area contributed by atoms with Gasteiger partial charge < -0.3 is 10.1 Å². The third-order valence-electron chi connectivity index (χ3n) is 4.93. The number of nitrogens with one attached hydrogen (secondary N) is 3. The molecule has 0 spiro atoms. The van der Waals surface area contributed by atoms with E-state index in [-0.39, 0.29) is 18.9 Å². The summed E-state index contributed by atoms with van der Waals surface area (Å²) in [6.07, 6.45) is 2.46. The first-order valence-corrected chi connectivity index (χ1v) is 12.0. The normalized spacial score (nSPS) is 11.4. The fourth-order valence-corrected chi connectivity index (χ4v) is 3.76. The van der Waals surface area contributed by atoms with Gasteiger partial charge in [-0.2, -0.15) is 11.8 Å². The lowest BCUT2D eigenvalue weighted by atomic mass is 10.0. The summed E-state index contributed by atoms with van der Waals surface area (Å²) in [7, 11) is 0. The molecule has 0 aliphatic carbocycles. The highest BCUT2D eigenvalue weighted by atomic mass is 32.2. The predicted molar refractivity (Wildman–Crippen MR) is 131 cm³/mol. The average molecular weight is 466 g/mol. The van der Waals surface area contributed by atoms with Crippen LogP contribution >= 0.6 is 11.8 Å². The van der Waals surface area contributed by atoms with Crippen molar-refractivity contribution in [3.05, 3.63) is 78.4 Å². The van der Waals surface area contributed by atoms with Gasteiger partial charge in [0.25, 0.3) is 11.8 Å². The number of thioether (sulfide) groups is 1. The van der Waals surface area contributed by atoms with E-state index in [1.54, 1.807) is 23.9 Å². The molecule has 0 heterocycles. The Morgan fingerprint density at radius 3 is 2.39 bits per heavy atom. The largest absolute Gasteiger partial charge is 0.484 e. The molecule has 3 rings (SSSR count). The van der Waals surface area contributed by atoms with Crippen LogP contribution in [0.3, 0.4) is 0 Å². The molecule has 0 saturated carbocycles. The summed E-state index contributed by atoms with van der Waals surface area (Å²) >= 11 is 1.56. The van der Waals surface area contributed by atoms with Crippen LogP contribution in [0.5, 0.6) is 5.75 Å². The molecule has 3 N–H and O–H groups in total. The number of carbonyl (C=O) groups excluding carboxylic acids is 3. The van der Waals surface area contributed by atoms with Gasteiger partial charge in [-0.3, -0.25) is 25.2 Å². The molecule has 0 radical (unpaired) electrons. The third kappa shape index (κ3) is 7.54. The fraction of sp³-hybridized carbons (Fsp3) is 0.240. The lowest BCUT2D eigenvalue weighted by molar-refractivity contribution is -0.132. The molecule has 3 aromatic rings. The average Bonchev–Trinajstić information content (AvgIpc) is 2.84. The molecule has 0 aliphatic rings. The first-order chi connectivity index (χ1) is 16.1. The molecule has 33 heavy (non-hydrogen) atoms. The van der Waals surface area contributed by atoms with E-state index in [0.717, 1.165) is 16.3 Å². The van der Waals surface area contributed by atoms with Crippen molar-refractivity contribution in [2.24, 2.45) is 0 Å². The lowest BCUT2D eigenvalue weighted by Gasteiger charge is -2.18. The van der Waals surface area contributed by atoms with E-state index in [0.29, 0.717) is 17.9 Å². The maximum atomic E-state index is 12.6. The topological polar surface area (TPSA) is 96.5 Å². The van der Waals surface area contributed by atoms with Crippen LogP contribution in [0.1, 0.15) is 12.0 Å². The first-order valence-electron chi connectivity index (χ1n) is 10.6. The number of para-hydroxylation sites is 1. The summed E-state index contributed by atoms with van der Waals surface area (Å²) in [6.45, 7) is -0.208. The van der Waals surface area contributed by atoms with Gasteiger partial charge in [0, 0.05) is 0 Å². The number of amides is 3. The lowest BCUT2D eigenvalue weighted by Crippen LogP contribution is -2.53. The first kappa shape index (κ1) is 24.1. The molecule has 1 unspecified atom stereocenters. The highest BCUT2D eigenvalue weighted by molar-refractivity contribution is 7.98. The molecule has 3 amide bonds. The predicted octanol–water partition coefficient (Wildman–Crippen LogP) is 2.85. The molecule has 7 nitrogen and oxygen atoms in total. The zero-order valence-corrected chi connectivity index (χ0v) is 19.2. The van der Waals surface area contributed by atoms with Gasteiger partial charge in [0.1, 0.15) is 11.8 Å². The van der Waals surface area contributed by atoms with Crippen LogP contribution in [0, 0.1) is 0 Å². The minimum Gasteiger partial charge on any atom is -0.484 e. The Kier molecular flexibility index (Phi) is 9.14. The Morgan fingerprint density at radius 1 is 0.879 bits per heavy atom. The van der Waals surface area contributed by atoms with Crippen molar-refractivity contribution in [2.45, 2.75) is 18.9 Å². The molecule has 8 heteroatoms. The summed E-state index contributed by atoms with van der Waals surface area (Å²) in [5.74, 6) is -0.00640. The third-order valence-corrected chi connectivity index (χ3v) is 5.58. The van der Waals surface area contributed by atoms with E-state index in [1.165, 1.54) is 0 Å². The van der Waals surface area contributed by atoms with Gasteiger partial charge in [-0.05, 0) is 46.9 Å². The molecule has 172 valence electrons.